The van der Waals surface area contributed by atoms with Crippen LogP contribution in [-0.4, -0.2) is 37.7 Å². The predicted octanol–water partition coefficient (Wildman–Crippen LogP) is 3.86. The lowest BCUT2D eigenvalue weighted by Gasteiger charge is -2.17. The average molecular weight is 324 g/mol. The lowest BCUT2D eigenvalue weighted by molar-refractivity contribution is 0.330. The van der Waals surface area contributed by atoms with Crippen LogP contribution in [0.15, 0.2) is 48.7 Å². The van der Waals surface area contributed by atoms with E-state index in [9.17, 15) is 0 Å². The number of ether oxygens (including phenoxy) is 2. The monoisotopic (exact) mass is 324 g/mol. The van der Waals surface area contributed by atoms with Crippen molar-refractivity contribution in [1.29, 1.82) is 0 Å². The summed E-state index contributed by atoms with van der Waals surface area (Å²) in [4.78, 5) is 5.66. The van der Waals surface area contributed by atoms with Gasteiger partial charge in [0.2, 0.25) is 0 Å². The third-order valence-corrected chi connectivity index (χ3v) is 4.32. The molecular formula is C20H24N2O2. The highest BCUT2D eigenvalue weighted by atomic mass is 16.5. The Morgan fingerprint density at radius 2 is 1.79 bits per heavy atom. The maximum absolute atomic E-state index is 5.34. The number of nitrogens with one attached hydrogen (secondary N) is 1. The second-order valence-corrected chi connectivity index (χ2v) is 6.06. The fraction of sp³-hybridized carbons (Fsp3) is 0.300. The molecule has 0 spiro atoms. The molecule has 3 aromatic rings. The number of rotatable bonds is 7. The number of likely N-dealkylation sites (N-methyl/N-ethyl adjacent to an activating group) is 1. The maximum Gasteiger partial charge on any atom is 0.119 e. The van der Waals surface area contributed by atoms with E-state index in [0.717, 1.165) is 36.5 Å². The molecule has 0 unspecified atom stereocenters. The lowest BCUT2D eigenvalue weighted by atomic mass is 10.1. The van der Waals surface area contributed by atoms with Crippen LogP contribution < -0.4 is 9.47 Å². The van der Waals surface area contributed by atoms with Crippen LogP contribution in [0.5, 0.6) is 11.5 Å². The molecule has 1 aromatic heterocycles. The number of aromatic nitrogens is 1. The van der Waals surface area contributed by atoms with E-state index in [1.165, 1.54) is 16.5 Å². The van der Waals surface area contributed by atoms with Gasteiger partial charge in [-0.1, -0.05) is 12.1 Å². The molecule has 0 bridgehead atoms. The second-order valence-electron chi connectivity index (χ2n) is 6.06. The van der Waals surface area contributed by atoms with Crippen LogP contribution in [0, 0.1) is 0 Å². The lowest BCUT2D eigenvalue weighted by Crippen LogP contribution is -2.20. The largest absolute Gasteiger partial charge is 0.497 e. The van der Waals surface area contributed by atoms with Crippen LogP contribution in [-0.2, 0) is 13.0 Å². The molecule has 0 aliphatic carbocycles. The van der Waals surface area contributed by atoms with Crippen molar-refractivity contribution in [3.8, 4) is 11.5 Å². The van der Waals surface area contributed by atoms with Crippen LogP contribution in [0.4, 0.5) is 0 Å². The van der Waals surface area contributed by atoms with Gasteiger partial charge in [-0.3, -0.25) is 0 Å². The third kappa shape index (κ3) is 3.71. The van der Waals surface area contributed by atoms with Crippen LogP contribution in [0.3, 0.4) is 0 Å². The number of hydrogen-bond donors (Lipinski definition) is 1. The molecule has 24 heavy (non-hydrogen) atoms. The first-order valence-corrected chi connectivity index (χ1v) is 8.15. The van der Waals surface area contributed by atoms with Crippen molar-refractivity contribution in [2.45, 2.75) is 13.0 Å². The topological polar surface area (TPSA) is 37.5 Å². The molecule has 0 radical (unpaired) electrons. The molecule has 0 aliphatic rings. The Morgan fingerprint density at radius 1 is 1.00 bits per heavy atom. The molecule has 4 nitrogen and oxygen atoms in total. The first kappa shape index (κ1) is 16.4. The molecule has 3 rings (SSSR count). The van der Waals surface area contributed by atoms with E-state index in [1.54, 1.807) is 14.2 Å². The Hall–Kier alpha value is -2.46. The highest BCUT2D eigenvalue weighted by molar-refractivity contribution is 5.84. The van der Waals surface area contributed by atoms with Crippen molar-refractivity contribution in [2.24, 2.45) is 0 Å². The smallest absolute Gasteiger partial charge is 0.119 e. The Balaban J connectivity index is 1.64. The average Bonchev–Trinajstić information content (AvgIpc) is 3.02. The van der Waals surface area contributed by atoms with Crippen LogP contribution in [0.2, 0.25) is 0 Å². The van der Waals surface area contributed by atoms with Crippen LogP contribution >= 0.6 is 0 Å². The molecule has 2 aromatic carbocycles. The number of H-pyrrole nitrogens is 1. The third-order valence-electron chi connectivity index (χ3n) is 4.32. The molecule has 1 heterocycles. The summed E-state index contributed by atoms with van der Waals surface area (Å²) in [7, 11) is 5.55. The number of methoxy groups -OCH3 is 2. The van der Waals surface area contributed by atoms with Crippen molar-refractivity contribution in [2.75, 3.05) is 27.8 Å². The molecule has 0 amide bonds. The SMILES string of the molecule is COc1cccc(CN(C)CCc2c[nH]c3ccc(OC)cc23)c1. The standard InChI is InChI=1S/C20H24N2O2/c1-22(14-15-5-4-6-17(11-15)23-2)10-9-16-13-21-20-8-7-18(24-3)12-19(16)20/h4-8,11-13,21H,9-10,14H2,1-3H3. The molecule has 4 heteroatoms. The van der Waals surface area contributed by atoms with Gasteiger partial charge in [-0.25, -0.2) is 0 Å². The molecule has 0 fully saturated rings. The van der Waals surface area contributed by atoms with Crippen molar-refractivity contribution >= 4 is 10.9 Å². The van der Waals surface area contributed by atoms with Crippen molar-refractivity contribution in [1.82, 2.24) is 9.88 Å². The normalized spacial score (nSPS) is 11.2. The molecular weight excluding hydrogens is 300 g/mol. The van der Waals surface area contributed by atoms with Gasteiger partial charge in [0.05, 0.1) is 14.2 Å². The van der Waals surface area contributed by atoms with Gasteiger partial charge < -0.3 is 19.4 Å². The van der Waals surface area contributed by atoms with E-state index in [1.807, 2.05) is 18.2 Å². The summed E-state index contributed by atoms with van der Waals surface area (Å²) in [5.41, 5.74) is 3.74. The Kier molecular flexibility index (Phi) is 5.06. The van der Waals surface area contributed by atoms with Gasteiger partial charge in [0.1, 0.15) is 11.5 Å². The van der Waals surface area contributed by atoms with Crippen LogP contribution in [0.25, 0.3) is 10.9 Å². The van der Waals surface area contributed by atoms with Gasteiger partial charge in [0, 0.05) is 30.2 Å². The summed E-state index contributed by atoms with van der Waals surface area (Å²) >= 11 is 0. The van der Waals surface area contributed by atoms with E-state index in [2.05, 4.69) is 47.4 Å². The molecule has 126 valence electrons. The minimum absolute atomic E-state index is 0.896. The Morgan fingerprint density at radius 3 is 2.58 bits per heavy atom. The van der Waals surface area contributed by atoms with E-state index in [-0.39, 0.29) is 0 Å². The van der Waals surface area contributed by atoms with E-state index >= 15 is 0 Å². The molecule has 0 atom stereocenters. The van der Waals surface area contributed by atoms with Crippen molar-refractivity contribution in [3.05, 3.63) is 59.8 Å². The summed E-state index contributed by atoms with van der Waals surface area (Å²) in [6, 6.07) is 14.4. The first-order chi connectivity index (χ1) is 11.7. The number of fused-ring (bicyclic) bond motifs is 1. The zero-order valence-corrected chi connectivity index (χ0v) is 14.5. The van der Waals surface area contributed by atoms with E-state index in [0.29, 0.717) is 0 Å². The number of hydrogen-bond acceptors (Lipinski definition) is 3. The minimum atomic E-state index is 0.896. The Bertz CT molecular complexity index is 810. The van der Waals surface area contributed by atoms with Gasteiger partial charge in [-0.15, -0.1) is 0 Å². The van der Waals surface area contributed by atoms with Gasteiger partial charge in [0.25, 0.3) is 0 Å². The zero-order chi connectivity index (χ0) is 16.9. The van der Waals surface area contributed by atoms with Gasteiger partial charge in [-0.05, 0) is 54.9 Å². The van der Waals surface area contributed by atoms with E-state index < -0.39 is 0 Å². The number of aromatic amines is 1. The van der Waals surface area contributed by atoms with Crippen molar-refractivity contribution < 1.29 is 9.47 Å². The fourth-order valence-electron chi connectivity index (χ4n) is 2.96. The quantitative estimate of drug-likeness (QED) is 0.717. The summed E-state index contributed by atoms with van der Waals surface area (Å²) in [6.45, 7) is 1.89. The number of nitrogens with zero attached hydrogens (tertiary/aromatic N) is 1. The highest BCUT2D eigenvalue weighted by Crippen LogP contribution is 2.24. The van der Waals surface area contributed by atoms with Gasteiger partial charge in [-0.2, -0.15) is 0 Å². The summed E-state index contributed by atoms with van der Waals surface area (Å²) in [5.74, 6) is 1.80. The molecule has 0 saturated carbocycles. The Labute approximate surface area is 143 Å². The maximum atomic E-state index is 5.34. The van der Waals surface area contributed by atoms with Gasteiger partial charge in [0.15, 0.2) is 0 Å². The number of benzene rings is 2. The molecule has 0 saturated heterocycles. The van der Waals surface area contributed by atoms with E-state index in [4.69, 9.17) is 9.47 Å². The molecule has 0 aliphatic heterocycles. The minimum Gasteiger partial charge on any atom is -0.497 e. The fourth-order valence-corrected chi connectivity index (χ4v) is 2.96. The summed E-state index contributed by atoms with van der Waals surface area (Å²) < 4.78 is 10.6. The highest BCUT2D eigenvalue weighted by Gasteiger charge is 2.07. The summed E-state index contributed by atoms with van der Waals surface area (Å²) in [6.07, 6.45) is 3.09. The first-order valence-electron chi connectivity index (χ1n) is 8.15. The predicted molar refractivity (Wildman–Crippen MR) is 97.9 cm³/mol. The summed E-state index contributed by atoms with van der Waals surface area (Å²) in [5, 5.41) is 1.24. The van der Waals surface area contributed by atoms with Crippen molar-refractivity contribution in [3.63, 3.8) is 0 Å². The van der Waals surface area contributed by atoms with Gasteiger partial charge >= 0.3 is 0 Å². The zero-order valence-electron chi connectivity index (χ0n) is 14.5. The second kappa shape index (κ2) is 7.41. The molecule has 1 N–H and O–H groups in total. The van der Waals surface area contributed by atoms with Crippen LogP contribution in [0.1, 0.15) is 11.1 Å².